The number of rotatable bonds is 6. The Morgan fingerprint density at radius 3 is 2.37 bits per heavy atom. The van der Waals surface area contributed by atoms with Crippen LogP contribution in [0.5, 0.6) is 11.5 Å². The van der Waals surface area contributed by atoms with Crippen LogP contribution in [-0.4, -0.2) is 14.2 Å². The van der Waals surface area contributed by atoms with Gasteiger partial charge in [-0.05, 0) is 49.6 Å². The second kappa shape index (κ2) is 6.32. The number of ether oxygens (including phenoxy) is 2. The molecule has 0 atom stereocenters. The van der Waals surface area contributed by atoms with E-state index >= 15 is 0 Å². The predicted molar refractivity (Wildman–Crippen MR) is 75.0 cm³/mol. The third-order valence-electron chi connectivity index (χ3n) is 3.13. The maximum atomic E-state index is 5.56. The number of hydrogen-bond donors (Lipinski definition) is 0. The van der Waals surface area contributed by atoms with Crippen LogP contribution < -0.4 is 9.47 Å². The Bertz CT molecular complexity index is 529. The molecule has 1 aromatic heterocycles. The lowest BCUT2D eigenvalue weighted by atomic mass is 10.1. The SMILES string of the molecule is COc1ccc(CCCc2ccc(C)o2)cc1OC. The van der Waals surface area contributed by atoms with Crippen molar-refractivity contribution in [1.82, 2.24) is 0 Å². The van der Waals surface area contributed by atoms with Gasteiger partial charge in [-0.3, -0.25) is 0 Å². The van der Waals surface area contributed by atoms with Crippen LogP contribution in [0.15, 0.2) is 34.7 Å². The van der Waals surface area contributed by atoms with Gasteiger partial charge in [-0.25, -0.2) is 0 Å². The molecule has 2 aromatic rings. The average molecular weight is 260 g/mol. The standard InChI is InChI=1S/C16H20O3/c1-12-7-9-14(19-12)6-4-5-13-8-10-15(17-2)16(11-13)18-3/h7-11H,4-6H2,1-3H3. The fourth-order valence-corrected chi connectivity index (χ4v) is 2.12. The highest BCUT2D eigenvalue weighted by Gasteiger charge is 2.05. The van der Waals surface area contributed by atoms with Crippen molar-refractivity contribution in [2.24, 2.45) is 0 Å². The summed E-state index contributed by atoms with van der Waals surface area (Å²) in [5, 5.41) is 0. The minimum Gasteiger partial charge on any atom is -0.493 e. The van der Waals surface area contributed by atoms with E-state index in [4.69, 9.17) is 13.9 Å². The third-order valence-corrected chi connectivity index (χ3v) is 3.13. The Kier molecular flexibility index (Phi) is 4.50. The van der Waals surface area contributed by atoms with Gasteiger partial charge in [0.25, 0.3) is 0 Å². The van der Waals surface area contributed by atoms with Crippen LogP contribution in [0.4, 0.5) is 0 Å². The van der Waals surface area contributed by atoms with Crippen molar-refractivity contribution < 1.29 is 13.9 Å². The molecule has 2 rings (SSSR count). The average Bonchev–Trinajstić information content (AvgIpc) is 2.84. The number of methoxy groups -OCH3 is 2. The zero-order valence-electron chi connectivity index (χ0n) is 11.7. The molecular formula is C16H20O3. The summed E-state index contributed by atoms with van der Waals surface area (Å²) in [6, 6.07) is 10.1. The van der Waals surface area contributed by atoms with Gasteiger partial charge in [-0.2, -0.15) is 0 Å². The lowest BCUT2D eigenvalue weighted by Crippen LogP contribution is -1.94. The molecule has 0 aliphatic carbocycles. The highest BCUT2D eigenvalue weighted by atomic mass is 16.5. The maximum Gasteiger partial charge on any atom is 0.160 e. The van der Waals surface area contributed by atoms with Crippen LogP contribution >= 0.6 is 0 Å². The summed E-state index contributed by atoms with van der Waals surface area (Å²) in [5.41, 5.74) is 1.25. The van der Waals surface area contributed by atoms with E-state index in [1.54, 1.807) is 14.2 Å². The third kappa shape index (κ3) is 3.53. The number of hydrogen-bond acceptors (Lipinski definition) is 3. The lowest BCUT2D eigenvalue weighted by molar-refractivity contribution is 0.354. The van der Waals surface area contributed by atoms with Crippen LogP contribution in [-0.2, 0) is 12.8 Å². The molecule has 0 unspecified atom stereocenters. The van der Waals surface area contributed by atoms with E-state index in [0.717, 1.165) is 42.3 Å². The zero-order chi connectivity index (χ0) is 13.7. The minimum absolute atomic E-state index is 0.771. The molecule has 102 valence electrons. The molecule has 0 aliphatic rings. The molecule has 0 N–H and O–H groups in total. The van der Waals surface area contributed by atoms with Gasteiger partial charge in [0.15, 0.2) is 11.5 Å². The summed E-state index contributed by atoms with van der Waals surface area (Å²) in [5.74, 6) is 3.58. The summed E-state index contributed by atoms with van der Waals surface area (Å²) in [6.07, 6.45) is 3.02. The van der Waals surface area contributed by atoms with Gasteiger partial charge in [-0.15, -0.1) is 0 Å². The molecule has 0 saturated heterocycles. The van der Waals surface area contributed by atoms with Gasteiger partial charge in [0.05, 0.1) is 14.2 Å². The van der Waals surface area contributed by atoms with Crippen LogP contribution in [0.2, 0.25) is 0 Å². The van der Waals surface area contributed by atoms with E-state index in [1.165, 1.54) is 5.56 Å². The molecule has 19 heavy (non-hydrogen) atoms. The molecule has 0 fully saturated rings. The number of aryl methyl sites for hydroxylation is 3. The van der Waals surface area contributed by atoms with Gasteiger partial charge < -0.3 is 13.9 Å². The maximum absolute atomic E-state index is 5.56. The molecule has 0 amide bonds. The fraction of sp³-hybridized carbons (Fsp3) is 0.375. The summed E-state index contributed by atoms with van der Waals surface area (Å²) >= 11 is 0. The van der Waals surface area contributed by atoms with Crippen molar-refractivity contribution in [3.05, 3.63) is 47.4 Å². The highest BCUT2D eigenvalue weighted by Crippen LogP contribution is 2.28. The minimum atomic E-state index is 0.771. The van der Waals surface area contributed by atoms with Crippen molar-refractivity contribution >= 4 is 0 Å². The molecule has 3 nitrogen and oxygen atoms in total. The van der Waals surface area contributed by atoms with Gasteiger partial charge in [0.2, 0.25) is 0 Å². The Morgan fingerprint density at radius 1 is 0.947 bits per heavy atom. The van der Waals surface area contributed by atoms with Gasteiger partial charge in [0.1, 0.15) is 11.5 Å². The highest BCUT2D eigenvalue weighted by molar-refractivity contribution is 5.42. The van der Waals surface area contributed by atoms with Gasteiger partial charge >= 0.3 is 0 Å². The normalized spacial score (nSPS) is 10.5. The monoisotopic (exact) mass is 260 g/mol. The first-order valence-corrected chi connectivity index (χ1v) is 6.49. The van der Waals surface area contributed by atoms with Crippen molar-refractivity contribution in [2.75, 3.05) is 14.2 Å². The molecule has 1 aromatic carbocycles. The van der Waals surface area contributed by atoms with Crippen LogP contribution in [0.1, 0.15) is 23.5 Å². The topological polar surface area (TPSA) is 31.6 Å². The number of benzene rings is 1. The van der Waals surface area contributed by atoms with Crippen molar-refractivity contribution in [3.8, 4) is 11.5 Å². The first-order chi connectivity index (χ1) is 9.22. The van der Waals surface area contributed by atoms with Crippen LogP contribution in [0, 0.1) is 6.92 Å². The predicted octanol–water partition coefficient (Wildman–Crippen LogP) is 3.78. The van der Waals surface area contributed by atoms with E-state index in [0.29, 0.717) is 0 Å². The van der Waals surface area contributed by atoms with Crippen LogP contribution in [0.25, 0.3) is 0 Å². The van der Waals surface area contributed by atoms with Gasteiger partial charge in [0, 0.05) is 6.42 Å². The van der Waals surface area contributed by atoms with Crippen molar-refractivity contribution in [3.63, 3.8) is 0 Å². The lowest BCUT2D eigenvalue weighted by Gasteiger charge is -2.09. The second-order valence-electron chi connectivity index (χ2n) is 4.56. The quantitative estimate of drug-likeness (QED) is 0.792. The van der Waals surface area contributed by atoms with E-state index in [1.807, 2.05) is 31.2 Å². The molecule has 0 radical (unpaired) electrons. The largest absolute Gasteiger partial charge is 0.493 e. The summed E-state index contributed by atoms with van der Waals surface area (Å²) < 4.78 is 16.1. The molecule has 1 heterocycles. The van der Waals surface area contributed by atoms with Crippen molar-refractivity contribution in [2.45, 2.75) is 26.2 Å². The Morgan fingerprint density at radius 2 is 1.74 bits per heavy atom. The molecule has 0 saturated carbocycles. The second-order valence-corrected chi connectivity index (χ2v) is 4.56. The first kappa shape index (κ1) is 13.5. The zero-order valence-corrected chi connectivity index (χ0v) is 11.7. The van der Waals surface area contributed by atoms with Gasteiger partial charge in [-0.1, -0.05) is 6.07 Å². The van der Waals surface area contributed by atoms with Crippen molar-refractivity contribution in [1.29, 1.82) is 0 Å². The summed E-state index contributed by atoms with van der Waals surface area (Å²) in [7, 11) is 3.31. The van der Waals surface area contributed by atoms with E-state index in [2.05, 4.69) is 6.07 Å². The fourth-order valence-electron chi connectivity index (χ4n) is 2.12. The van der Waals surface area contributed by atoms with Crippen LogP contribution in [0.3, 0.4) is 0 Å². The summed E-state index contributed by atoms with van der Waals surface area (Å²) in [6.45, 7) is 1.97. The van der Waals surface area contributed by atoms with E-state index in [-0.39, 0.29) is 0 Å². The Hall–Kier alpha value is -1.90. The molecule has 0 bridgehead atoms. The van der Waals surface area contributed by atoms with E-state index < -0.39 is 0 Å². The Labute approximate surface area is 114 Å². The number of furan rings is 1. The molecule has 3 heteroatoms. The smallest absolute Gasteiger partial charge is 0.160 e. The Balaban J connectivity index is 1.92. The molecule has 0 spiro atoms. The molecule has 0 aliphatic heterocycles. The molecular weight excluding hydrogens is 240 g/mol. The summed E-state index contributed by atoms with van der Waals surface area (Å²) in [4.78, 5) is 0. The van der Waals surface area contributed by atoms with E-state index in [9.17, 15) is 0 Å². The first-order valence-electron chi connectivity index (χ1n) is 6.49.